The van der Waals surface area contributed by atoms with Crippen molar-refractivity contribution in [2.45, 2.75) is 18.8 Å². The average molecular weight is 385 g/mol. The fraction of sp³-hybridized carbons (Fsp3) is 0.450. The lowest BCUT2D eigenvalue weighted by Crippen LogP contribution is -2.40. The molecule has 2 aliphatic heterocycles. The normalized spacial score (nSPS) is 21.1. The highest BCUT2D eigenvalue weighted by atomic mass is 32.1. The molecule has 4 rings (SSSR count). The lowest BCUT2D eigenvalue weighted by atomic mass is 9.98. The van der Waals surface area contributed by atoms with E-state index in [4.69, 9.17) is 9.72 Å². The molecule has 7 heteroatoms. The van der Waals surface area contributed by atoms with Crippen LogP contribution in [0, 0.1) is 0 Å². The van der Waals surface area contributed by atoms with Gasteiger partial charge < -0.3 is 14.5 Å². The second-order valence-corrected chi connectivity index (χ2v) is 7.98. The Morgan fingerprint density at radius 2 is 1.81 bits per heavy atom. The molecule has 2 saturated heterocycles. The van der Waals surface area contributed by atoms with Crippen molar-refractivity contribution >= 4 is 33.4 Å². The number of morpholine rings is 1. The van der Waals surface area contributed by atoms with Crippen LogP contribution in [0.2, 0.25) is 0 Å². The van der Waals surface area contributed by atoms with Gasteiger partial charge in [0.15, 0.2) is 0 Å². The van der Waals surface area contributed by atoms with Crippen LogP contribution in [0.5, 0.6) is 0 Å². The van der Waals surface area contributed by atoms with Crippen molar-refractivity contribution < 1.29 is 14.3 Å². The minimum absolute atomic E-state index is 0.0950. The molecular weight excluding hydrogens is 362 g/mol. The third-order valence-corrected chi connectivity index (χ3v) is 6.28. The van der Waals surface area contributed by atoms with Crippen LogP contribution < -0.4 is 0 Å². The lowest BCUT2D eigenvalue weighted by molar-refractivity contribution is -0.131. The van der Waals surface area contributed by atoms with Crippen molar-refractivity contribution in [3.05, 3.63) is 41.4 Å². The van der Waals surface area contributed by atoms with Gasteiger partial charge in [-0.25, -0.2) is 4.98 Å². The van der Waals surface area contributed by atoms with Crippen LogP contribution in [0.3, 0.4) is 0 Å². The number of aromatic nitrogens is 1. The number of thiazole rings is 1. The summed E-state index contributed by atoms with van der Waals surface area (Å²) in [6.45, 7) is 3.68. The Kier molecular flexibility index (Phi) is 5.50. The zero-order chi connectivity index (χ0) is 18.6. The Labute approximate surface area is 162 Å². The Balaban J connectivity index is 1.39. The summed E-state index contributed by atoms with van der Waals surface area (Å²) >= 11 is 1.71. The Morgan fingerprint density at radius 3 is 2.59 bits per heavy atom. The standard InChI is InChI=1S/C20H23N3O3S/c24-18(22-10-12-26-13-11-22)7-8-19(25)23-9-3-4-15(14-23)20-21-16-5-1-2-6-17(16)27-20/h1-2,5-8,15H,3-4,9-14H2/b8-7+/t15-/m0/s1. The molecule has 142 valence electrons. The number of likely N-dealkylation sites (tertiary alicyclic amines) is 1. The monoisotopic (exact) mass is 385 g/mol. The molecule has 3 heterocycles. The van der Waals surface area contributed by atoms with Gasteiger partial charge in [0.2, 0.25) is 11.8 Å². The van der Waals surface area contributed by atoms with Gasteiger partial charge in [0, 0.05) is 44.2 Å². The van der Waals surface area contributed by atoms with Gasteiger partial charge in [0.25, 0.3) is 0 Å². The number of ether oxygens (including phenoxy) is 1. The molecule has 27 heavy (non-hydrogen) atoms. The molecule has 6 nitrogen and oxygen atoms in total. The second kappa shape index (κ2) is 8.19. The van der Waals surface area contributed by atoms with Crippen molar-refractivity contribution in [2.75, 3.05) is 39.4 Å². The number of hydrogen-bond acceptors (Lipinski definition) is 5. The first-order chi connectivity index (χ1) is 13.2. The molecule has 2 amide bonds. The molecule has 0 radical (unpaired) electrons. The van der Waals surface area contributed by atoms with Crippen LogP contribution in [0.15, 0.2) is 36.4 Å². The first-order valence-electron chi connectivity index (χ1n) is 9.40. The van der Waals surface area contributed by atoms with E-state index in [1.54, 1.807) is 16.2 Å². The summed E-state index contributed by atoms with van der Waals surface area (Å²) < 4.78 is 6.44. The summed E-state index contributed by atoms with van der Waals surface area (Å²) in [5, 5.41) is 1.10. The fourth-order valence-electron chi connectivity index (χ4n) is 3.58. The molecular formula is C20H23N3O3S. The van der Waals surface area contributed by atoms with E-state index in [-0.39, 0.29) is 17.7 Å². The summed E-state index contributed by atoms with van der Waals surface area (Å²) in [7, 11) is 0. The average Bonchev–Trinajstić information content (AvgIpc) is 3.17. The molecule has 1 aromatic carbocycles. The second-order valence-electron chi connectivity index (χ2n) is 6.91. The third-order valence-electron chi connectivity index (χ3n) is 5.08. The number of para-hydroxylation sites is 1. The summed E-state index contributed by atoms with van der Waals surface area (Å²) in [5.74, 6) is 0.0530. The summed E-state index contributed by atoms with van der Waals surface area (Å²) in [5.41, 5.74) is 1.02. The highest BCUT2D eigenvalue weighted by Gasteiger charge is 2.26. The first-order valence-corrected chi connectivity index (χ1v) is 10.2. The number of amides is 2. The predicted molar refractivity (Wildman–Crippen MR) is 105 cm³/mol. The van der Waals surface area contributed by atoms with Gasteiger partial charge in [0.05, 0.1) is 28.4 Å². The molecule has 1 aromatic heterocycles. The fourth-order valence-corrected chi connectivity index (χ4v) is 4.67. The highest BCUT2D eigenvalue weighted by Crippen LogP contribution is 2.32. The van der Waals surface area contributed by atoms with Crippen LogP contribution in [-0.4, -0.2) is 66.0 Å². The maximum absolute atomic E-state index is 12.6. The van der Waals surface area contributed by atoms with Crippen LogP contribution >= 0.6 is 11.3 Å². The summed E-state index contributed by atoms with van der Waals surface area (Å²) in [4.78, 5) is 33.0. The van der Waals surface area contributed by atoms with E-state index in [1.165, 1.54) is 16.9 Å². The number of rotatable bonds is 3. The van der Waals surface area contributed by atoms with Crippen LogP contribution in [0.1, 0.15) is 23.8 Å². The molecule has 0 saturated carbocycles. The minimum atomic E-state index is -0.119. The van der Waals surface area contributed by atoms with Crippen molar-refractivity contribution in [3.63, 3.8) is 0 Å². The Hall–Kier alpha value is -2.25. The van der Waals surface area contributed by atoms with E-state index in [1.807, 2.05) is 23.1 Å². The van der Waals surface area contributed by atoms with Gasteiger partial charge in [-0.05, 0) is 25.0 Å². The van der Waals surface area contributed by atoms with Crippen LogP contribution in [0.4, 0.5) is 0 Å². The minimum Gasteiger partial charge on any atom is -0.378 e. The predicted octanol–water partition coefficient (Wildman–Crippen LogP) is 2.42. The number of nitrogens with zero attached hydrogens (tertiary/aromatic N) is 3. The molecule has 2 aliphatic rings. The number of fused-ring (bicyclic) bond motifs is 1. The molecule has 0 aliphatic carbocycles. The molecule has 0 spiro atoms. The topological polar surface area (TPSA) is 62.7 Å². The molecule has 0 unspecified atom stereocenters. The van der Waals surface area contributed by atoms with E-state index < -0.39 is 0 Å². The summed E-state index contributed by atoms with van der Waals surface area (Å²) in [6.07, 6.45) is 4.81. The van der Waals surface area contributed by atoms with Gasteiger partial charge in [-0.2, -0.15) is 0 Å². The number of hydrogen-bond donors (Lipinski definition) is 0. The van der Waals surface area contributed by atoms with Crippen LogP contribution in [0.25, 0.3) is 10.2 Å². The van der Waals surface area contributed by atoms with E-state index >= 15 is 0 Å². The van der Waals surface area contributed by atoms with Crippen molar-refractivity contribution in [3.8, 4) is 0 Å². The van der Waals surface area contributed by atoms with E-state index in [0.717, 1.165) is 29.9 Å². The Bertz CT molecular complexity index is 824. The molecule has 1 atom stereocenters. The SMILES string of the molecule is O=C(/C=C/C(=O)N1CCC[C@H](c2nc3ccccc3s2)C1)N1CCOCC1. The van der Waals surface area contributed by atoms with Gasteiger partial charge >= 0.3 is 0 Å². The van der Waals surface area contributed by atoms with Gasteiger partial charge in [-0.3, -0.25) is 9.59 Å². The van der Waals surface area contributed by atoms with Gasteiger partial charge in [-0.1, -0.05) is 12.1 Å². The number of piperidine rings is 1. The molecule has 0 bridgehead atoms. The number of carbonyl (C=O) groups is 2. The largest absolute Gasteiger partial charge is 0.378 e. The third kappa shape index (κ3) is 4.20. The highest BCUT2D eigenvalue weighted by molar-refractivity contribution is 7.18. The van der Waals surface area contributed by atoms with Crippen molar-refractivity contribution in [1.29, 1.82) is 0 Å². The van der Waals surface area contributed by atoms with E-state index in [9.17, 15) is 9.59 Å². The Morgan fingerprint density at radius 1 is 1.07 bits per heavy atom. The number of carbonyl (C=O) groups excluding carboxylic acids is 2. The van der Waals surface area contributed by atoms with E-state index in [0.29, 0.717) is 32.8 Å². The number of benzene rings is 1. The van der Waals surface area contributed by atoms with E-state index in [2.05, 4.69) is 6.07 Å². The van der Waals surface area contributed by atoms with Gasteiger partial charge in [-0.15, -0.1) is 11.3 Å². The first kappa shape index (κ1) is 18.1. The van der Waals surface area contributed by atoms with Crippen molar-refractivity contribution in [2.24, 2.45) is 0 Å². The van der Waals surface area contributed by atoms with Gasteiger partial charge in [0.1, 0.15) is 0 Å². The molecule has 2 aromatic rings. The maximum Gasteiger partial charge on any atom is 0.246 e. The maximum atomic E-state index is 12.6. The zero-order valence-electron chi connectivity index (χ0n) is 15.2. The lowest BCUT2D eigenvalue weighted by Gasteiger charge is -2.31. The quantitative estimate of drug-likeness (QED) is 0.762. The van der Waals surface area contributed by atoms with Crippen LogP contribution in [-0.2, 0) is 14.3 Å². The van der Waals surface area contributed by atoms with Crippen molar-refractivity contribution in [1.82, 2.24) is 14.8 Å². The smallest absolute Gasteiger partial charge is 0.246 e. The molecule has 0 N–H and O–H groups in total. The summed E-state index contributed by atoms with van der Waals surface area (Å²) in [6, 6.07) is 8.14. The molecule has 2 fully saturated rings. The zero-order valence-corrected chi connectivity index (χ0v) is 16.0.